The Balaban J connectivity index is 2.95. The van der Waals surface area contributed by atoms with Crippen molar-refractivity contribution in [2.24, 2.45) is 0 Å². The van der Waals surface area contributed by atoms with E-state index in [9.17, 15) is 18.5 Å². The van der Waals surface area contributed by atoms with Gasteiger partial charge < -0.3 is 0 Å². The Morgan fingerprint density at radius 2 is 1.65 bits per heavy atom. The van der Waals surface area contributed by atoms with Crippen molar-refractivity contribution < 1.29 is 13.3 Å². The van der Waals surface area contributed by atoms with Crippen LogP contribution in [0.25, 0.3) is 10.8 Å². The predicted octanol–water partition coefficient (Wildman–Crippen LogP) is 2.15. The third-order valence-electron chi connectivity index (χ3n) is 2.46. The maximum absolute atomic E-state index is 11.6. The van der Waals surface area contributed by atoms with Crippen molar-refractivity contribution in [1.29, 1.82) is 0 Å². The zero-order chi connectivity index (χ0) is 12.6. The Kier molecular flexibility index (Phi) is 2.59. The lowest BCUT2D eigenvalue weighted by molar-refractivity contribution is -0.383. The van der Waals surface area contributed by atoms with Crippen molar-refractivity contribution >= 4 is 26.3 Å². The molecule has 0 aromatic heterocycles. The Hall–Kier alpha value is -1.95. The van der Waals surface area contributed by atoms with Gasteiger partial charge in [0, 0.05) is 17.7 Å². The van der Waals surface area contributed by atoms with Crippen LogP contribution in [0.15, 0.2) is 41.3 Å². The fourth-order valence-electron chi connectivity index (χ4n) is 1.74. The number of nitro benzene ring substituents is 1. The minimum atomic E-state index is -3.39. The second-order valence-electron chi connectivity index (χ2n) is 3.66. The Bertz CT molecular complexity index is 706. The van der Waals surface area contributed by atoms with E-state index >= 15 is 0 Å². The van der Waals surface area contributed by atoms with Gasteiger partial charge in [-0.1, -0.05) is 18.2 Å². The number of fused-ring (bicyclic) bond motifs is 1. The monoisotopic (exact) mass is 251 g/mol. The number of non-ortho nitro benzene ring substituents is 1. The highest BCUT2D eigenvalue weighted by atomic mass is 32.2. The molecule has 2 aromatic carbocycles. The first-order chi connectivity index (χ1) is 7.91. The molecule has 88 valence electrons. The van der Waals surface area contributed by atoms with Crippen molar-refractivity contribution in [2.45, 2.75) is 4.90 Å². The average molecular weight is 251 g/mol. The fraction of sp³-hybridized carbons (Fsp3) is 0.0909. The van der Waals surface area contributed by atoms with Crippen LogP contribution < -0.4 is 0 Å². The summed E-state index contributed by atoms with van der Waals surface area (Å²) in [4.78, 5) is 10.4. The summed E-state index contributed by atoms with van der Waals surface area (Å²) in [5.41, 5.74) is -0.0898. The van der Waals surface area contributed by atoms with E-state index in [1.165, 1.54) is 12.1 Å². The standard InChI is InChI=1S/C11H9NO4S/c1-17(15,16)11-7-6-10(12(13)14)8-4-2-3-5-9(8)11/h2-7H,1H3. The summed E-state index contributed by atoms with van der Waals surface area (Å²) in [5, 5.41) is 11.5. The van der Waals surface area contributed by atoms with Crippen molar-refractivity contribution in [3.63, 3.8) is 0 Å². The van der Waals surface area contributed by atoms with E-state index in [4.69, 9.17) is 0 Å². The third-order valence-corrected chi connectivity index (χ3v) is 3.61. The van der Waals surface area contributed by atoms with Gasteiger partial charge in [0.05, 0.1) is 15.2 Å². The Morgan fingerprint density at radius 3 is 2.18 bits per heavy atom. The summed E-state index contributed by atoms with van der Waals surface area (Å²) in [6.07, 6.45) is 1.08. The lowest BCUT2D eigenvalue weighted by Gasteiger charge is -2.04. The number of hydrogen-bond donors (Lipinski definition) is 0. The van der Waals surface area contributed by atoms with Gasteiger partial charge in [-0.25, -0.2) is 8.42 Å². The molecule has 6 heteroatoms. The van der Waals surface area contributed by atoms with E-state index < -0.39 is 14.8 Å². The van der Waals surface area contributed by atoms with Gasteiger partial charge in [-0.3, -0.25) is 10.1 Å². The molecule has 5 nitrogen and oxygen atoms in total. The number of hydrogen-bond acceptors (Lipinski definition) is 4. The highest BCUT2D eigenvalue weighted by Crippen LogP contribution is 2.30. The quantitative estimate of drug-likeness (QED) is 0.605. The zero-order valence-electron chi connectivity index (χ0n) is 8.95. The van der Waals surface area contributed by atoms with E-state index in [1.54, 1.807) is 24.3 Å². The van der Waals surface area contributed by atoms with E-state index in [1.807, 2.05) is 0 Å². The van der Waals surface area contributed by atoms with Crippen molar-refractivity contribution in [3.8, 4) is 0 Å². The molecule has 2 rings (SSSR count). The molecule has 0 unspecified atom stereocenters. The van der Waals surface area contributed by atoms with E-state index in [2.05, 4.69) is 0 Å². The van der Waals surface area contributed by atoms with Crippen molar-refractivity contribution in [1.82, 2.24) is 0 Å². The van der Waals surface area contributed by atoms with Gasteiger partial charge in [0.2, 0.25) is 0 Å². The van der Waals surface area contributed by atoms with Crippen LogP contribution >= 0.6 is 0 Å². The first kappa shape index (κ1) is 11.5. The summed E-state index contributed by atoms with van der Waals surface area (Å²) in [6.45, 7) is 0. The van der Waals surface area contributed by atoms with Crippen molar-refractivity contribution in [3.05, 3.63) is 46.5 Å². The van der Waals surface area contributed by atoms with Crippen LogP contribution in [0.1, 0.15) is 0 Å². The topological polar surface area (TPSA) is 77.3 Å². The normalized spacial score (nSPS) is 11.6. The number of sulfone groups is 1. The molecule has 0 fully saturated rings. The minimum Gasteiger partial charge on any atom is -0.258 e. The number of benzene rings is 2. The van der Waals surface area contributed by atoms with Gasteiger partial charge in [-0.2, -0.15) is 0 Å². The number of nitrogens with zero attached hydrogens (tertiary/aromatic N) is 1. The molecule has 0 N–H and O–H groups in total. The first-order valence-corrected chi connectivity index (χ1v) is 6.66. The maximum atomic E-state index is 11.6. The van der Waals surface area contributed by atoms with Gasteiger partial charge in [0.1, 0.15) is 0 Å². The zero-order valence-corrected chi connectivity index (χ0v) is 9.77. The summed E-state index contributed by atoms with van der Waals surface area (Å²) < 4.78 is 23.1. The Labute approximate surface area is 97.8 Å². The lowest BCUT2D eigenvalue weighted by atomic mass is 10.1. The molecule has 0 radical (unpaired) electrons. The van der Waals surface area contributed by atoms with Gasteiger partial charge in [0.15, 0.2) is 9.84 Å². The Morgan fingerprint density at radius 1 is 1.06 bits per heavy atom. The number of nitro groups is 1. The highest BCUT2D eigenvalue weighted by Gasteiger charge is 2.18. The van der Waals surface area contributed by atoms with E-state index in [0.717, 1.165) is 6.26 Å². The SMILES string of the molecule is CS(=O)(=O)c1ccc([N+](=O)[O-])c2ccccc12. The van der Waals surface area contributed by atoms with Crippen LogP contribution in [0.3, 0.4) is 0 Å². The largest absolute Gasteiger partial charge is 0.277 e. The van der Waals surface area contributed by atoms with E-state index in [0.29, 0.717) is 10.8 Å². The van der Waals surface area contributed by atoms with Gasteiger partial charge >= 0.3 is 0 Å². The van der Waals surface area contributed by atoms with Gasteiger partial charge in [0.25, 0.3) is 5.69 Å². The van der Waals surface area contributed by atoms with Crippen LogP contribution in [-0.2, 0) is 9.84 Å². The summed E-state index contributed by atoms with van der Waals surface area (Å²) in [7, 11) is -3.39. The minimum absolute atomic E-state index is 0.0898. The molecule has 0 aliphatic rings. The highest BCUT2D eigenvalue weighted by molar-refractivity contribution is 7.91. The third kappa shape index (κ3) is 1.99. The predicted molar refractivity (Wildman–Crippen MR) is 63.7 cm³/mol. The molecule has 0 saturated carbocycles. The average Bonchev–Trinajstić information content (AvgIpc) is 2.26. The molecule has 0 spiro atoms. The molecule has 0 bridgehead atoms. The lowest BCUT2D eigenvalue weighted by Crippen LogP contribution is -1.99. The molecule has 0 aliphatic carbocycles. The van der Waals surface area contributed by atoms with Crippen LogP contribution in [0.5, 0.6) is 0 Å². The van der Waals surface area contributed by atoms with Gasteiger partial charge in [-0.15, -0.1) is 0 Å². The number of rotatable bonds is 2. The maximum Gasteiger partial charge on any atom is 0.277 e. The fourth-order valence-corrected chi connectivity index (χ4v) is 2.63. The van der Waals surface area contributed by atoms with Crippen LogP contribution in [0.2, 0.25) is 0 Å². The van der Waals surface area contributed by atoms with Crippen LogP contribution in [0, 0.1) is 10.1 Å². The molecule has 2 aromatic rings. The molecule has 0 amide bonds. The molecule has 17 heavy (non-hydrogen) atoms. The molecular weight excluding hydrogens is 242 g/mol. The van der Waals surface area contributed by atoms with Crippen LogP contribution in [0.4, 0.5) is 5.69 Å². The summed E-state index contributed by atoms with van der Waals surface area (Å²) in [5.74, 6) is 0. The summed E-state index contributed by atoms with van der Waals surface area (Å²) >= 11 is 0. The van der Waals surface area contributed by atoms with Crippen molar-refractivity contribution in [2.75, 3.05) is 6.26 Å². The second kappa shape index (κ2) is 3.81. The summed E-state index contributed by atoms with van der Waals surface area (Å²) in [6, 6.07) is 8.90. The first-order valence-electron chi connectivity index (χ1n) is 4.77. The smallest absolute Gasteiger partial charge is 0.258 e. The molecule has 0 atom stereocenters. The van der Waals surface area contributed by atoms with E-state index in [-0.39, 0.29) is 10.6 Å². The van der Waals surface area contributed by atoms with Gasteiger partial charge in [-0.05, 0) is 12.1 Å². The molecular formula is C11H9NO4S. The second-order valence-corrected chi connectivity index (χ2v) is 5.64. The molecule has 0 heterocycles. The molecule has 0 saturated heterocycles. The van der Waals surface area contributed by atoms with Crippen LogP contribution in [-0.4, -0.2) is 19.6 Å². The molecule has 0 aliphatic heterocycles.